The summed E-state index contributed by atoms with van der Waals surface area (Å²) in [7, 11) is 3.59. The Labute approximate surface area is 104 Å². The molecule has 0 bridgehead atoms. The van der Waals surface area contributed by atoms with E-state index in [1.54, 1.807) is 7.11 Å². The van der Waals surface area contributed by atoms with E-state index in [0.717, 1.165) is 18.4 Å². The summed E-state index contributed by atoms with van der Waals surface area (Å²) in [6, 6.07) is 0.916. The van der Waals surface area contributed by atoms with E-state index in [1.807, 2.05) is 19.4 Å². The first kappa shape index (κ1) is 13.9. The molecule has 1 aromatic rings. The largest absolute Gasteiger partial charge is 0.467 e. The summed E-state index contributed by atoms with van der Waals surface area (Å²) in [6.07, 6.45) is 5.73. The Kier molecular flexibility index (Phi) is 4.87. The highest BCUT2D eigenvalue weighted by atomic mass is 16.5. The average molecular weight is 237 g/mol. The Morgan fingerprint density at radius 2 is 1.88 bits per heavy atom. The number of aromatic nitrogens is 2. The van der Waals surface area contributed by atoms with Crippen molar-refractivity contribution in [2.75, 3.05) is 14.2 Å². The summed E-state index contributed by atoms with van der Waals surface area (Å²) >= 11 is 0. The normalized spacial score (nSPS) is 13.5. The van der Waals surface area contributed by atoms with Gasteiger partial charge < -0.3 is 10.1 Å². The lowest BCUT2D eigenvalue weighted by molar-refractivity contribution is 0.267. The lowest BCUT2D eigenvalue weighted by Crippen LogP contribution is -2.38. The van der Waals surface area contributed by atoms with Crippen LogP contribution >= 0.6 is 0 Å². The Balaban J connectivity index is 2.54. The van der Waals surface area contributed by atoms with Gasteiger partial charge >= 0.3 is 6.01 Å². The molecule has 4 heteroatoms. The predicted molar refractivity (Wildman–Crippen MR) is 69.2 cm³/mol. The van der Waals surface area contributed by atoms with Crippen LogP contribution in [0.2, 0.25) is 0 Å². The first-order valence-electron chi connectivity index (χ1n) is 5.99. The van der Waals surface area contributed by atoms with Crippen molar-refractivity contribution in [1.29, 1.82) is 0 Å². The minimum atomic E-state index is 0.266. The molecular formula is C13H23N3O. The number of methoxy groups -OCH3 is 1. The molecule has 1 N–H and O–H groups in total. The highest BCUT2D eigenvalue weighted by Gasteiger charge is 2.22. The molecule has 0 aliphatic rings. The topological polar surface area (TPSA) is 47.0 Å². The second-order valence-electron chi connectivity index (χ2n) is 5.32. The van der Waals surface area contributed by atoms with Gasteiger partial charge in [0.25, 0.3) is 0 Å². The van der Waals surface area contributed by atoms with Crippen LogP contribution in [0.1, 0.15) is 32.8 Å². The van der Waals surface area contributed by atoms with Crippen molar-refractivity contribution >= 4 is 0 Å². The van der Waals surface area contributed by atoms with Gasteiger partial charge in [0, 0.05) is 18.4 Å². The molecule has 0 spiro atoms. The average Bonchev–Trinajstić information content (AvgIpc) is 2.29. The van der Waals surface area contributed by atoms with Crippen LogP contribution in [0.3, 0.4) is 0 Å². The number of hydrogen-bond donors (Lipinski definition) is 1. The Bertz CT molecular complexity index is 330. The molecule has 1 atom stereocenters. The SMILES string of the molecule is CNC(CCc1cnc(OC)nc1)C(C)(C)C. The van der Waals surface area contributed by atoms with Gasteiger partial charge in [-0.3, -0.25) is 0 Å². The fourth-order valence-electron chi connectivity index (χ4n) is 1.90. The fraction of sp³-hybridized carbons (Fsp3) is 0.692. The molecule has 1 heterocycles. The van der Waals surface area contributed by atoms with Crippen molar-refractivity contribution in [2.45, 2.75) is 39.7 Å². The molecule has 96 valence electrons. The summed E-state index contributed by atoms with van der Waals surface area (Å²) < 4.78 is 4.94. The summed E-state index contributed by atoms with van der Waals surface area (Å²) in [4.78, 5) is 8.22. The summed E-state index contributed by atoms with van der Waals surface area (Å²) in [6.45, 7) is 6.75. The van der Waals surface area contributed by atoms with Crippen LogP contribution in [0.5, 0.6) is 6.01 Å². The maximum atomic E-state index is 4.94. The van der Waals surface area contributed by atoms with Gasteiger partial charge in [0.2, 0.25) is 0 Å². The molecule has 17 heavy (non-hydrogen) atoms. The van der Waals surface area contributed by atoms with Crippen molar-refractivity contribution in [1.82, 2.24) is 15.3 Å². The maximum Gasteiger partial charge on any atom is 0.316 e. The van der Waals surface area contributed by atoms with E-state index in [4.69, 9.17) is 4.74 Å². The molecule has 1 unspecified atom stereocenters. The monoisotopic (exact) mass is 237 g/mol. The lowest BCUT2D eigenvalue weighted by Gasteiger charge is -2.30. The van der Waals surface area contributed by atoms with Gasteiger partial charge in [-0.2, -0.15) is 0 Å². The van der Waals surface area contributed by atoms with Gasteiger partial charge in [0.05, 0.1) is 7.11 Å². The van der Waals surface area contributed by atoms with E-state index in [1.165, 1.54) is 0 Å². The van der Waals surface area contributed by atoms with E-state index in [2.05, 4.69) is 36.1 Å². The second-order valence-corrected chi connectivity index (χ2v) is 5.32. The number of ether oxygens (including phenoxy) is 1. The summed E-state index contributed by atoms with van der Waals surface area (Å²) in [5.74, 6) is 0. The van der Waals surface area contributed by atoms with Crippen LogP contribution < -0.4 is 10.1 Å². The van der Waals surface area contributed by atoms with Crippen molar-refractivity contribution in [2.24, 2.45) is 5.41 Å². The van der Waals surface area contributed by atoms with Crippen LogP contribution in [0, 0.1) is 5.41 Å². The van der Waals surface area contributed by atoms with Gasteiger partial charge in [0.1, 0.15) is 0 Å². The standard InChI is InChI=1S/C13H23N3O/c1-13(2,3)11(14-4)7-6-10-8-15-12(17-5)16-9-10/h8-9,11,14H,6-7H2,1-5H3. The van der Waals surface area contributed by atoms with Crippen LogP contribution in [-0.4, -0.2) is 30.2 Å². The van der Waals surface area contributed by atoms with Crippen molar-refractivity contribution in [3.63, 3.8) is 0 Å². The molecule has 1 rings (SSSR count). The molecular weight excluding hydrogens is 214 g/mol. The number of nitrogens with zero attached hydrogens (tertiary/aromatic N) is 2. The molecule has 0 radical (unpaired) electrons. The van der Waals surface area contributed by atoms with E-state index in [0.29, 0.717) is 12.1 Å². The third-order valence-electron chi connectivity index (χ3n) is 2.98. The van der Waals surface area contributed by atoms with E-state index in [-0.39, 0.29) is 5.41 Å². The quantitative estimate of drug-likeness (QED) is 0.851. The third-order valence-corrected chi connectivity index (χ3v) is 2.98. The Morgan fingerprint density at radius 3 is 2.29 bits per heavy atom. The minimum absolute atomic E-state index is 0.266. The summed E-state index contributed by atoms with van der Waals surface area (Å²) in [5.41, 5.74) is 1.41. The van der Waals surface area contributed by atoms with Crippen LogP contribution in [-0.2, 0) is 6.42 Å². The lowest BCUT2D eigenvalue weighted by atomic mass is 9.83. The second kappa shape index (κ2) is 5.96. The molecule has 0 saturated carbocycles. The van der Waals surface area contributed by atoms with Gasteiger partial charge in [-0.25, -0.2) is 9.97 Å². The first-order chi connectivity index (χ1) is 7.97. The highest BCUT2D eigenvalue weighted by Crippen LogP contribution is 2.22. The molecule has 0 amide bonds. The zero-order valence-corrected chi connectivity index (χ0v) is 11.4. The Hall–Kier alpha value is -1.16. The minimum Gasteiger partial charge on any atom is -0.467 e. The smallest absolute Gasteiger partial charge is 0.316 e. The van der Waals surface area contributed by atoms with Crippen molar-refractivity contribution in [3.8, 4) is 6.01 Å². The predicted octanol–water partition coefficient (Wildman–Crippen LogP) is 2.05. The molecule has 0 aromatic carbocycles. The van der Waals surface area contributed by atoms with E-state index < -0.39 is 0 Å². The van der Waals surface area contributed by atoms with Crippen LogP contribution in [0.25, 0.3) is 0 Å². The molecule has 0 aliphatic carbocycles. The molecule has 0 aliphatic heterocycles. The zero-order chi connectivity index (χ0) is 12.9. The molecule has 0 saturated heterocycles. The van der Waals surface area contributed by atoms with Gasteiger partial charge in [-0.1, -0.05) is 20.8 Å². The number of aryl methyl sites for hydroxylation is 1. The van der Waals surface area contributed by atoms with E-state index >= 15 is 0 Å². The first-order valence-corrected chi connectivity index (χ1v) is 5.99. The number of hydrogen-bond acceptors (Lipinski definition) is 4. The molecule has 0 fully saturated rings. The number of nitrogens with one attached hydrogen (secondary N) is 1. The third kappa shape index (κ3) is 4.30. The maximum absolute atomic E-state index is 4.94. The van der Waals surface area contributed by atoms with Crippen molar-refractivity contribution < 1.29 is 4.74 Å². The fourth-order valence-corrected chi connectivity index (χ4v) is 1.90. The number of rotatable bonds is 5. The Morgan fingerprint density at radius 1 is 1.29 bits per heavy atom. The van der Waals surface area contributed by atoms with Gasteiger partial charge in [0.15, 0.2) is 0 Å². The summed E-state index contributed by atoms with van der Waals surface area (Å²) in [5, 5.41) is 3.37. The molecule has 4 nitrogen and oxygen atoms in total. The van der Waals surface area contributed by atoms with Gasteiger partial charge in [-0.05, 0) is 30.9 Å². The van der Waals surface area contributed by atoms with Gasteiger partial charge in [-0.15, -0.1) is 0 Å². The van der Waals surface area contributed by atoms with Crippen LogP contribution in [0.4, 0.5) is 0 Å². The van der Waals surface area contributed by atoms with E-state index in [9.17, 15) is 0 Å². The van der Waals surface area contributed by atoms with Crippen molar-refractivity contribution in [3.05, 3.63) is 18.0 Å². The zero-order valence-electron chi connectivity index (χ0n) is 11.4. The highest BCUT2D eigenvalue weighted by molar-refractivity contribution is 5.08. The van der Waals surface area contributed by atoms with Crippen LogP contribution in [0.15, 0.2) is 12.4 Å². The molecule has 1 aromatic heterocycles.